The smallest absolute Gasteiger partial charge is 0.226 e. The molecule has 7 heteroatoms. The van der Waals surface area contributed by atoms with E-state index in [1.165, 1.54) is 6.07 Å². The number of carbonyl (C=O) groups excluding carboxylic acids is 1. The normalized spacial score (nSPS) is 24.3. The number of amides is 1. The summed E-state index contributed by atoms with van der Waals surface area (Å²) < 4.78 is 40.0. The van der Waals surface area contributed by atoms with Gasteiger partial charge in [0.15, 0.2) is 0 Å². The Bertz CT molecular complexity index is 1020. The first kappa shape index (κ1) is 20.0. The molecule has 2 fully saturated rings. The maximum absolute atomic E-state index is 14.3. The molecular weight excluding hydrogens is 391 g/mol. The molecule has 0 spiro atoms. The quantitative estimate of drug-likeness (QED) is 0.814. The second-order valence-electron chi connectivity index (χ2n) is 8.03. The Morgan fingerprint density at radius 2 is 1.79 bits per heavy atom. The molecule has 2 aromatic carbocycles. The third kappa shape index (κ3) is 4.51. The summed E-state index contributed by atoms with van der Waals surface area (Å²) in [7, 11) is -3.30. The van der Waals surface area contributed by atoms with Gasteiger partial charge in [-0.15, -0.1) is 0 Å². The van der Waals surface area contributed by atoms with Gasteiger partial charge in [0.25, 0.3) is 0 Å². The van der Waals surface area contributed by atoms with Crippen LogP contribution < -0.4 is 4.72 Å². The highest BCUT2D eigenvalue weighted by molar-refractivity contribution is 7.88. The minimum absolute atomic E-state index is 0.0679. The van der Waals surface area contributed by atoms with Crippen molar-refractivity contribution in [1.29, 1.82) is 0 Å². The molecule has 1 N–H and O–H groups in total. The molecular formula is C22H25FN2O3S. The summed E-state index contributed by atoms with van der Waals surface area (Å²) in [5, 5.41) is 0. The van der Waals surface area contributed by atoms with Crippen LogP contribution in [0.5, 0.6) is 0 Å². The molecule has 154 valence electrons. The van der Waals surface area contributed by atoms with Crippen LogP contribution in [0.25, 0.3) is 11.1 Å². The standard InChI is InChI=1S/C22H25FN2O3S/c1-29(27,28)24-15-7-6-12-25(14-15)22(26)20-13-19(20)17-9-3-2-8-16(17)18-10-4-5-11-21(18)23/h2-5,8-11,15,19-20,24H,6-7,12-14H2,1H3/t15-,19-,20+/m0/s1. The number of halogens is 1. The zero-order chi connectivity index (χ0) is 20.6. The number of nitrogens with one attached hydrogen (secondary N) is 1. The Hall–Kier alpha value is -2.25. The predicted octanol–water partition coefficient (Wildman–Crippen LogP) is 3.14. The van der Waals surface area contributed by atoms with E-state index in [0.29, 0.717) is 18.7 Å². The van der Waals surface area contributed by atoms with Crippen LogP contribution in [0.15, 0.2) is 48.5 Å². The number of hydrogen-bond acceptors (Lipinski definition) is 3. The molecule has 29 heavy (non-hydrogen) atoms. The van der Waals surface area contributed by atoms with E-state index >= 15 is 0 Å². The molecule has 0 aromatic heterocycles. The average Bonchev–Trinajstić information content (AvgIpc) is 3.47. The second-order valence-corrected chi connectivity index (χ2v) is 9.81. The summed E-state index contributed by atoms with van der Waals surface area (Å²) in [4.78, 5) is 14.8. The van der Waals surface area contributed by atoms with E-state index in [4.69, 9.17) is 0 Å². The molecule has 2 aromatic rings. The highest BCUT2D eigenvalue weighted by Gasteiger charge is 2.47. The Kier molecular flexibility index (Phi) is 5.44. The van der Waals surface area contributed by atoms with Gasteiger partial charge in [-0.25, -0.2) is 17.5 Å². The molecule has 0 bridgehead atoms. The van der Waals surface area contributed by atoms with Crippen molar-refractivity contribution in [2.24, 2.45) is 5.92 Å². The topological polar surface area (TPSA) is 66.5 Å². The Morgan fingerprint density at radius 3 is 2.52 bits per heavy atom. The number of carbonyl (C=O) groups is 1. The third-order valence-electron chi connectivity index (χ3n) is 5.75. The van der Waals surface area contributed by atoms with E-state index in [-0.39, 0.29) is 29.6 Å². The van der Waals surface area contributed by atoms with Gasteiger partial charge in [0.2, 0.25) is 15.9 Å². The van der Waals surface area contributed by atoms with Crippen LogP contribution in [0.1, 0.15) is 30.7 Å². The summed E-state index contributed by atoms with van der Waals surface area (Å²) in [6.45, 7) is 1.06. The molecule has 2 aliphatic rings. The van der Waals surface area contributed by atoms with Crippen molar-refractivity contribution in [3.8, 4) is 11.1 Å². The first-order chi connectivity index (χ1) is 13.8. The fourth-order valence-electron chi connectivity index (χ4n) is 4.37. The third-order valence-corrected chi connectivity index (χ3v) is 6.51. The molecule has 0 radical (unpaired) electrons. The second kappa shape index (κ2) is 7.88. The molecule has 5 nitrogen and oxygen atoms in total. The summed E-state index contributed by atoms with van der Waals surface area (Å²) in [5.41, 5.74) is 2.39. The number of piperidine rings is 1. The van der Waals surface area contributed by atoms with Gasteiger partial charge in [0.1, 0.15) is 5.82 Å². The maximum Gasteiger partial charge on any atom is 0.226 e. The molecule has 1 saturated carbocycles. The van der Waals surface area contributed by atoms with E-state index < -0.39 is 10.0 Å². The van der Waals surface area contributed by atoms with Crippen LogP contribution in [0.2, 0.25) is 0 Å². The Labute approximate surface area is 171 Å². The van der Waals surface area contributed by atoms with Crippen molar-refractivity contribution >= 4 is 15.9 Å². The molecule has 4 rings (SSSR count). The maximum atomic E-state index is 14.3. The van der Waals surface area contributed by atoms with E-state index in [1.54, 1.807) is 17.0 Å². The lowest BCUT2D eigenvalue weighted by Crippen LogP contribution is -2.49. The fraction of sp³-hybridized carbons (Fsp3) is 0.409. The lowest BCUT2D eigenvalue weighted by atomic mass is 9.95. The van der Waals surface area contributed by atoms with Gasteiger partial charge in [-0.2, -0.15) is 0 Å². The van der Waals surface area contributed by atoms with Crippen molar-refractivity contribution in [2.45, 2.75) is 31.2 Å². The SMILES string of the molecule is CS(=O)(=O)N[C@H]1CCCN(C(=O)[C@@H]2C[C@H]2c2ccccc2-c2ccccc2F)C1. The molecule has 3 atom stereocenters. The first-order valence-corrected chi connectivity index (χ1v) is 11.8. The van der Waals surface area contributed by atoms with Crippen LogP contribution in [0.3, 0.4) is 0 Å². The fourth-order valence-corrected chi connectivity index (χ4v) is 5.17. The van der Waals surface area contributed by atoms with Gasteiger partial charge < -0.3 is 4.90 Å². The Balaban J connectivity index is 1.49. The zero-order valence-electron chi connectivity index (χ0n) is 16.3. The van der Waals surface area contributed by atoms with Crippen molar-refractivity contribution in [3.05, 3.63) is 59.9 Å². The molecule has 1 heterocycles. The Morgan fingerprint density at radius 1 is 1.10 bits per heavy atom. The van der Waals surface area contributed by atoms with Crippen molar-refractivity contribution in [1.82, 2.24) is 9.62 Å². The number of nitrogens with zero attached hydrogens (tertiary/aromatic N) is 1. The predicted molar refractivity (Wildman–Crippen MR) is 110 cm³/mol. The number of rotatable bonds is 5. The first-order valence-electron chi connectivity index (χ1n) is 9.93. The molecule has 0 unspecified atom stereocenters. The van der Waals surface area contributed by atoms with Gasteiger partial charge in [-0.3, -0.25) is 4.79 Å². The zero-order valence-corrected chi connectivity index (χ0v) is 17.2. The van der Waals surface area contributed by atoms with E-state index in [0.717, 1.165) is 36.6 Å². The summed E-state index contributed by atoms with van der Waals surface area (Å²) in [5.74, 6) is -0.256. The van der Waals surface area contributed by atoms with Crippen molar-refractivity contribution < 1.29 is 17.6 Å². The van der Waals surface area contributed by atoms with Gasteiger partial charge >= 0.3 is 0 Å². The number of benzene rings is 2. The van der Waals surface area contributed by atoms with Crippen LogP contribution in [0, 0.1) is 11.7 Å². The van der Waals surface area contributed by atoms with Crippen LogP contribution in [0.4, 0.5) is 4.39 Å². The molecule has 1 amide bonds. The van der Waals surface area contributed by atoms with E-state index in [2.05, 4.69) is 4.72 Å². The van der Waals surface area contributed by atoms with Crippen LogP contribution in [-0.2, 0) is 14.8 Å². The minimum Gasteiger partial charge on any atom is -0.341 e. The highest BCUT2D eigenvalue weighted by Crippen LogP contribution is 2.51. The summed E-state index contributed by atoms with van der Waals surface area (Å²) in [6.07, 6.45) is 3.40. The van der Waals surface area contributed by atoms with Gasteiger partial charge in [0, 0.05) is 30.6 Å². The van der Waals surface area contributed by atoms with Gasteiger partial charge in [0.05, 0.1) is 6.26 Å². The minimum atomic E-state index is -3.30. The van der Waals surface area contributed by atoms with Gasteiger partial charge in [-0.1, -0.05) is 42.5 Å². The highest BCUT2D eigenvalue weighted by atomic mass is 32.2. The van der Waals surface area contributed by atoms with E-state index in [1.807, 2.05) is 30.3 Å². The average molecular weight is 417 g/mol. The largest absolute Gasteiger partial charge is 0.341 e. The molecule has 1 saturated heterocycles. The van der Waals surface area contributed by atoms with Crippen LogP contribution >= 0.6 is 0 Å². The summed E-state index contributed by atoms with van der Waals surface area (Å²) in [6, 6.07) is 14.2. The molecule has 1 aliphatic carbocycles. The van der Waals surface area contributed by atoms with Crippen molar-refractivity contribution in [2.75, 3.05) is 19.3 Å². The monoisotopic (exact) mass is 416 g/mol. The molecule has 1 aliphatic heterocycles. The van der Waals surface area contributed by atoms with E-state index in [9.17, 15) is 17.6 Å². The number of hydrogen-bond donors (Lipinski definition) is 1. The van der Waals surface area contributed by atoms with Gasteiger partial charge in [-0.05, 0) is 42.4 Å². The lowest BCUT2D eigenvalue weighted by molar-refractivity contribution is -0.133. The number of likely N-dealkylation sites (tertiary alicyclic amines) is 1. The van der Waals surface area contributed by atoms with Crippen molar-refractivity contribution in [3.63, 3.8) is 0 Å². The number of sulfonamides is 1. The lowest BCUT2D eigenvalue weighted by Gasteiger charge is -2.33. The van der Waals surface area contributed by atoms with Crippen LogP contribution in [-0.4, -0.2) is 44.6 Å². The summed E-state index contributed by atoms with van der Waals surface area (Å²) >= 11 is 0.